The third-order valence-electron chi connectivity index (χ3n) is 4.70. The Bertz CT molecular complexity index is 427. The number of carbonyl (C=O) groups excluding carboxylic acids is 1. The number of hydrogen-bond acceptors (Lipinski definition) is 2. The Morgan fingerprint density at radius 1 is 1.16 bits per heavy atom. The van der Waals surface area contributed by atoms with E-state index in [0.29, 0.717) is 11.8 Å². The van der Waals surface area contributed by atoms with Gasteiger partial charge >= 0.3 is 0 Å². The minimum absolute atomic E-state index is 0.226. The van der Waals surface area contributed by atoms with Gasteiger partial charge in [0.2, 0.25) is 0 Å². The number of Topliss-reactive ketones (excluding diaryl/α,β-unsaturated/α-hetero) is 1. The zero-order valence-corrected chi connectivity index (χ0v) is 12.4. The highest BCUT2D eigenvalue weighted by atomic mass is 16.1. The van der Waals surface area contributed by atoms with Crippen LogP contribution in [-0.4, -0.2) is 18.9 Å². The van der Waals surface area contributed by atoms with Crippen LogP contribution in [0.1, 0.15) is 56.8 Å². The molecule has 0 atom stereocenters. The van der Waals surface area contributed by atoms with Crippen LogP contribution < -0.4 is 4.90 Å². The molecule has 0 bridgehead atoms. The first kappa shape index (κ1) is 14.1. The summed E-state index contributed by atoms with van der Waals surface area (Å²) in [6, 6.07) is 8.12. The van der Waals surface area contributed by atoms with Crippen molar-refractivity contribution in [2.75, 3.05) is 18.0 Å². The van der Waals surface area contributed by atoms with Gasteiger partial charge in [-0.05, 0) is 42.5 Å². The van der Waals surface area contributed by atoms with E-state index in [1.54, 1.807) is 0 Å². The smallest absolute Gasteiger partial charge is 0.162 e. The van der Waals surface area contributed by atoms with Crippen molar-refractivity contribution in [3.05, 3.63) is 29.8 Å². The molecule has 2 nitrogen and oxygen atoms in total. The number of nitrogens with zero attached hydrogens (tertiary/aromatic N) is 1. The molecule has 1 heterocycles. The van der Waals surface area contributed by atoms with Crippen molar-refractivity contribution in [3.63, 3.8) is 0 Å². The maximum atomic E-state index is 11.6. The summed E-state index contributed by atoms with van der Waals surface area (Å²) in [4.78, 5) is 14.1. The van der Waals surface area contributed by atoms with E-state index in [1.165, 1.54) is 24.9 Å². The van der Waals surface area contributed by atoms with Gasteiger partial charge in [-0.3, -0.25) is 4.79 Å². The highest BCUT2D eigenvalue weighted by Crippen LogP contribution is 2.35. The monoisotopic (exact) mass is 259 g/mol. The number of anilines is 1. The molecule has 1 fully saturated rings. The Balaban J connectivity index is 2.02. The van der Waals surface area contributed by atoms with Gasteiger partial charge in [-0.2, -0.15) is 0 Å². The molecule has 2 heteroatoms. The number of rotatable bonds is 4. The molecule has 0 spiro atoms. The third kappa shape index (κ3) is 3.17. The second kappa shape index (κ2) is 5.77. The lowest BCUT2D eigenvalue weighted by molar-refractivity contribution is 0.0988. The van der Waals surface area contributed by atoms with E-state index in [-0.39, 0.29) is 5.78 Å². The standard InChI is InChI=1S/C17H25NO/c1-4-16(19)14-6-8-15(9-7-14)18-12-10-17(3,5-2)11-13-18/h6-9H,4-5,10-13H2,1-3H3. The van der Waals surface area contributed by atoms with Crippen molar-refractivity contribution in [2.45, 2.75) is 46.5 Å². The van der Waals surface area contributed by atoms with E-state index >= 15 is 0 Å². The first-order chi connectivity index (χ1) is 9.08. The molecule has 1 aromatic carbocycles. The molecule has 104 valence electrons. The van der Waals surface area contributed by atoms with E-state index in [0.717, 1.165) is 18.7 Å². The van der Waals surface area contributed by atoms with Gasteiger partial charge in [0.25, 0.3) is 0 Å². The fourth-order valence-electron chi connectivity index (χ4n) is 2.72. The lowest BCUT2D eigenvalue weighted by atomic mass is 9.78. The molecule has 0 amide bonds. The van der Waals surface area contributed by atoms with Crippen LogP contribution in [0.25, 0.3) is 0 Å². The van der Waals surface area contributed by atoms with Crippen LogP contribution in [0, 0.1) is 5.41 Å². The van der Waals surface area contributed by atoms with Crippen molar-refractivity contribution in [1.82, 2.24) is 0 Å². The van der Waals surface area contributed by atoms with Crippen LogP contribution in [-0.2, 0) is 0 Å². The fourth-order valence-corrected chi connectivity index (χ4v) is 2.72. The van der Waals surface area contributed by atoms with Crippen molar-refractivity contribution >= 4 is 11.5 Å². The highest BCUT2D eigenvalue weighted by Gasteiger charge is 2.28. The van der Waals surface area contributed by atoms with Crippen LogP contribution in [0.3, 0.4) is 0 Å². The SMILES string of the molecule is CCC(=O)c1ccc(N2CCC(C)(CC)CC2)cc1. The minimum Gasteiger partial charge on any atom is -0.371 e. The first-order valence-corrected chi connectivity index (χ1v) is 7.46. The lowest BCUT2D eigenvalue weighted by Crippen LogP contribution is -2.38. The number of hydrogen-bond donors (Lipinski definition) is 0. The molecule has 2 rings (SSSR count). The third-order valence-corrected chi connectivity index (χ3v) is 4.70. The summed E-state index contributed by atoms with van der Waals surface area (Å²) in [6.07, 6.45) is 4.38. The van der Waals surface area contributed by atoms with Crippen LogP contribution in [0.5, 0.6) is 0 Å². The largest absolute Gasteiger partial charge is 0.371 e. The summed E-state index contributed by atoms with van der Waals surface area (Å²) >= 11 is 0. The summed E-state index contributed by atoms with van der Waals surface area (Å²) in [5.41, 5.74) is 2.61. The molecule has 1 aliphatic rings. The molecule has 0 saturated carbocycles. The van der Waals surface area contributed by atoms with Crippen LogP contribution in [0.2, 0.25) is 0 Å². The molecule has 19 heavy (non-hydrogen) atoms. The number of carbonyl (C=O) groups is 1. The average Bonchev–Trinajstić information content (AvgIpc) is 2.47. The van der Waals surface area contributed by atoms with Crippen molar-refractivity contribution in [1.29, 1.82) is 0 Å². The van der Waals surface area contributed by atoms with Crippen molar-refractivity contribution < 1.29 is 4.79 Å². The number of ketones is 1. The van der Waals surface area contributed by atoms with Gasteiger partial charge in [-0.15, -0.1) is 0 Å². The quantitative estimate of drug-likeness (QED) is 0.752. The zero-order chi connectivity index (χ0) is 13.9. The summed E-state index contributed by atoms with van der Waals surface area (Å²) in [7, 11) is 0. The lowest BCUT2D eigenvalue weighted by Gasteiger charge is -2.40. The zero-order valence-electron chi connectivity index (χ0n) is 12.4. The summed E-state index contributed by atoms with van der Waals surface area (Å²) in [6.45, 7) is 8.86. The highest BCUT2D eigenvalue weighted by molar-refractivity contribution is 5.96. The second-order valence-electron chi connectivity index (χ2n) is 5.97. The van der Waals surface area contributed by atoms with Crippen molar-refractivity contribution in [2.24, 2.45) is 5.41 Å². The maximum absolute atomic E-state index is 11.6. The summed E-state index contributed by atoms with van der Waals surface area (Å²) < 4.78 is 0. The van der Waals surface area contributed by atoms with Gasteiger partial charge in [-0.25, -0.2) is 0 Å². The molecule has 1 aromatic rings. The van der Waals surface area contributed by atoms with E-state index in [1.807, 2.05) is 19.1 Å². The summed E-state index contributed by atoms with van der Waals surface area (Å²) in [5, 5.41) is 0. The normalized spacial score (nSPS) is 18.4. The number of benzene rings is 1. The van der Waals surface area contributed by atoms with Gasteiger partial charge in [-0.1, -0.05) is 27.2 Å². The maximum Gasteiger partial charge on any atom is 0.162 e. The first-order valence-electron chi connectivity index (χ1n) is 7.46. The van der Waals surface area contributed by atoms with Gasteiger partial charge < -0.3 is 4.90 Å². The molecule has 1 saturated heterocycles. The molecule has 0 aliphatic carbocycles. The molecule has 0 N–H and O–H groups in total. The Kier molecular flexibility index (Phi) is 4.28. The fraction of sp³-hybridized carbons (Fsp3) is 0.588. The molecular formula is C17H25NO. The van der Waals surface area contributed by atoms with E-state index < -0.39 is 0 Å². The van der Waals surface area contributed by atoms with Crippen LogP contribution >= 0.6 is 0 Å². The predicted octanol–water partition coefficient (Wildman–Crippen LogP) is 4.30. The molecule has 0 radical (unpaired) electrons. The van der Waals surface area contributed by atoms with Gasteiger partial charge in [0.05, 0.1) is 0 Å². The van der Waals surface area contributed by atoms with Gasteiger partial charge in [0.15, 0.2) is 5.78 Å². The van der Waals surface area contributed by atoms with Crippen molar-refractivity contribution in [3.8, 4) is 0 Å². The molecule has 0 unspecified atom stereocenters. The average molecular weight is 259 g/mol. The van der Waals surface area contributed by atoms with Gasteiger partial charge in [0, 0.05) is 30.8 Å². The minimum atomic E-state index is 0.226. The topological polar surface area (TPSA) is 20.3 Å². The summed E-state index contributed by atoms with van der Waals surface area (Å²) in [5.74, 6) is 0.226. The predicted molar refractivity (Wildman–Crippen MR) is 80.9 cm³/mol. The van der Waals surface area contributed by atoms with E-state index in [4.69, 9.17) is 0 Å². The Labute approximate surface area is 116 Å². The Morgan fingerprint density at radius 3 is 2.21 bits per heavy atom. The molecular weight excluding hydrogens is 234 g/mol. The van der Waals surface area contributed by atoms with Gasteiger partial charge in [0.1, 0.15) is 0 Å². The second-order valence-corrected chi connectivity index (χ2v) is 5.97. The molecule has 0 aromatic heterocycles. The van der Waals surface area contributed by atoms with E-state index in [9.17, 15) is 4.79 Å². The Morgan fingerprint density at radius 2 is 1.74 bits per heavy atom. The molecule has 1 aliphatic heterocycles. The number of piperidine rings is 1. The Hall–Kier alpha value is -1.31. The van der Waals surface area contributed by atoms with Crippen LogP contribution in [0.4, 0.5) is 5.69 Å². The van der Waals surface area contributed by atoms with Crippen LogP contribution in [0.15, 0.2) is 24.3 Å². The van der Waals surface area contributed by atoms with E-state index in [2.05, 4.69) is 30.9 Å².